The van der Waals surface area contributed by atoms with Crippen LogP contribution in [0.3, 0.4) is 0 Å². The van der Waals surface area contributed by atoms with E-state index in [9.17, 15) is 9.59 Å². The molecule has 4 aromatic rings. The highest BCUT2D eigenvalue weighted by atomic mass is 32.1. The summed E-state index contributed by atoms with van der Waals surface area (Å²) in [7, 11) is 1.60. The molecule has 0 aliphatic rings. The van der Waals surface area contributed by atoms with Gasteiger partial charge in [0.2, 0.25) is 5.91 Å². The molecule has 7 nitrogen and oxygen atoms in total. The molecule has 1 N–H and O–H groups in total. The topological polar surface area (TPSA) is 76.6 Å². The second-order valence-electron chi connectivity index (χ2n) is 7.29. The van der Waals surface area contributed by atoms with Crippen LogP contribution in [0.25, 0.3) is 11.0 Å². The SMILES string of the molecule is CCN(Cc1ccc(OCc2cccs2)c(OC)c1)C(=O)Cn1c(=O)[nH]c2ccccc21. The van der Waals surface area contributed by atoms with Crippen LogP contribution in [0, 0.1) is 0 Å². The molecule has 8 heteroatoms. The predicted octanol–water partition coefficient (Wildman–Crippen LogP) is 4.03. The molecule has 2 aromatic heterocycles. The van der Waals surface area contributed by atoms with Gasteiger partial charge in [0.05, 0.1) is 18.1 Å². The Morgan fingerprint density at radius 1 is 1.12 bits per heavy atom. The van der Waals surface area contributed by atoms with Gasteiger partial charge >= 0.3 is 5.69 Å². The first-order valence-corrected chi connectivity index (χ1v) is 11.2. The van der Waals surface area contributed by atoms with E-state index < -0.39 is 0 Å². The molecule has 0 saturated heterocycles. The predicted molar refractivity (Wildman–Crippen MR) is 125 cm³/mol. The van der Waals surface area contributed by atoms with Crippen molar-refractivity contribution in [2.75, 3.05) is 13.7 Å². The number of likely N-dealkylation sites (N-methyl/N-ethyl adjacent to an activating group) is 1. The number of benzene rings is 2. The minimum absolute atomic E-state index is 0.0180. The highest BCUT2D eigenvalue weighted by molar-refractivity contribution is 7.09. The van der Waals surface area contributed by atoms with E-state index in [1.807, 2.05) is 66.9 Å². The number of thiophene rings is 1. The van der Waals surface area contributed by atoms with Crippen LogP contribution in [0.5, 0.6) is 11.5 Å². The standard InChI is InChI=1S/C24H25N3O4S/c1-3-26(23(28)15-27-20-9-5-4-8-19(20)25-24(27)29)14-17-10-11-21(22(13-17)30-2)31-16-18-7-6-12-32-18/h4-13H,3,14-16H2,1-2H3,(H,25,29). The Morgan fingerprint density at radius 2 is 1.97 bits per heavy atom. The number of rotatable bonds is 9. The van der Waals surface area contributed by atoms with Crippen LogP contribution in [0.15, 0.2) is 64.8 Å². The highest BCUT2D eigenvalue weighted by Gasteiger charge is 2.17. The number of nitrogens with one attached hydrogen (secondary N) is 1. The van der Waals surface area contributed by atoms with Gasteiger partial charge in [-0.3, -0.25) is 9.36 Å². The van der Waals surface area contributed by atoms with E-state index in [2.05, 4.69) is 4.98 Å². The number of carbonyl (C=O) groups excluding carboxylic acids is 1. The molecule has 4 rings (SSSR count). The zero-order chi connectivity index (χ0) is 22.5. The Labute approximate surface area is 189 Å². The van der Waals surface area contributed by atoms with Crippen molar-refractivity contribution in [3.63, 3.8) is 0 Å². The van der Waals surface area contributed by atoms with Crippen LogP contribution in [-0.4, -0.2) is 34.0 Å². The number of hydrogen-bond donors (Lipinski definition) is 1. The number of aromatic nitrogens is 2. The molecule has 0 bridgehead atoms. The number of para-hydroxylation sites is 2. The molecule has 32 heavy (non-hydrogen) atoms. The van der Waals surface area contributed by atoms with Crippen molar-refractivity contribution in [2.24, 2.45) is 0 Å². The molecule has 0 unspecified atom stereocenters. The molecule has 166 valence electrons. The lowest BCUT2D eigenvalue weighted by Crippen LogP contribution is -2.35. The number of ether oxygens (including phenoxy) is 2. The van der Waals surface area contributed by atoms with E-state index in [0.29, 0.717) is 31.2 Å². The Bertz CT molecular complexity index is 1260. The third kappa shape index (κ3) is 4.70. The molecule has 2 heterocycles. The summed E-state index contributed by atoms with van der Waals surface area (Å²) in [5.74, 6) is 1.15. The van der Waals surface area contributed by atoms with Gasteiger partial charge in [-0.15, -0.1) is 11.3 Å². The zero-order valence-corrected chi connectivity index (χ0v) is 18.9. The highest BCUT2D eigenvalue weighted by Crippen LogP contribution is 2.30. The first-order chi connectivity index (χ1) is 15.6. The lowest BCUT2D eigenvalue weighted by Gasteiger charge is -2.22. The molecule has 0 saturated carbocycles. The Kier molecular flexibility index (Phi) is 6.61. The van der Waals surface area contributed by atoms with Crippen molar-refractivity contribution < 1.29 is 14.3 Å². The average molecular weight is 452 g/mol. The molecule has 0 fully saturated rings. The molecular weight excluding hydrogens is 426 g/mol. The number of aromatic amines is 1. The summed E-state index contributed by atoms with van der Waals surface area (Å²) >= 11 is 1.64. The van der Waals surface area contributed by atoms with E-state index >= 15 is 0 Å². The summed E-state index contributed by atoms with van der Waals surface area (Å²) in [6, 6.07) is 17.0. The van der Waals surface area contributed by atoms with E-state index in [1.54, 1.807) is 23.3 Å². The fourth-order valence-corrected chi connectivity index (χ4v) is 4.18. The quantitative estimate of drug-likeness (QED) is 0.417. The van der Waals surface area contributed by atoms with Crippen LogP contribution in [-0.2, 0) is 24.5 Å². The molecule has 1 amide bonds. The summed E-state index contributed by atoms with van der Waals surface area (Å²) in [6.45, 7) is 3.32. The maximum absolute atomic E-state index is 13.0. The molecular formula is C24H25N3O4S. The Morgan fingerprint density at radius 3 is 2.72 bits per heavy atom. The van der Waals surface area contributed by atoms with E-state index in [0.717, 1.165) is 21.5 Å². The summed E-state index contributed by atoms with van der Waals surface area (Å²) in [4.78, 5) is 31.0. The van der Waals surface area contributed by atoms with Gasteiger partial charge in [0.1, 0.15) is 13.2 Å². The monoisotopic (exact) mass is 451 g/mol. The van der Waals surface area contributed by atoms with Gasteiger partial charge < -0.3 is 19.4 Å². The summed E-state index contributed by atoms with van der Waals surface area (Å²) < 4.78 is 12.9. The Hall–Kier alpha value is -3.52. The molecule has 0 radical (unpaired) electrons. The van der Waals surface area contributed by atoms with Gasteiger partial charge in [0, 0.05) is 18.0 Å². The van der Waals surface area contributed by atoms with Gasteiger partial charge in [0.25, 0.3) is 0 Å². The third-order valence-electron chi connectivity index (χ3n) is 5.26. The normalized spacial score (nSPS) is 10.9. The number of methoxy groups -OCH3 is 1. The Balaban J connectivity index is 1.47. The first-order valence-electron chi connectivity index (χ1n) is 10.4. The number of fused-ring (bicyclic) bond motifs is 1. The van der Waals surface area contributed by atoms with Crippen LogP contribution in [0.1, 0.15) is 17.4 Å². The number of H-pyrrole nitrogens is 1. The third-order valence-corrected chi connectivity index (χ3v) is 6.11. The smallest absolute Gasteiger partial charge is 0.326 e. The fourth-order valence-electron chi connectivity index (χ4n) is 3.57. The number of carbonyl (C=O) groups is 1. The molecule has 0 atom stereocenters. The lowest BCUT2D eigenvalue weighted by atomic mass is 10.2. The van der Waals surface area contributed by atoms with Gasteiger partial charge in [-0.25, -0.2) is 4.79 Å². The van der Waals surface area contributed by atoms with Crippen molar-refractivity contribution in [1.82, 2.24) is 14.5 Å². The number of amides is 1. The minimum Gasteiger partial charge on any atom is -0.493 e. The van der Waals surface area contributed by atoms with Crippen LogP contribution >= 0.6 is 11.3 Å². The molecule has 0 aliphatic carbocycles. The molecule has 2 aromatic carbocycles. The van der Waals surface area contributed by atoms with Crippen LogP contribution in [0.4, 0.5) is 0 Å². The lowest BCUT2D eigenvalue weighted by molar-refractivity contribution is -0.132. The van der Waals surface area contributed by atoms with Gasteiger partial charge in [-0.2, -0.15) is 0 Å². The number of imidazole rings is 1. The maximum Gasteiger partial charge on any atom is 0.326 e. The number of hydrogen-bond acceptors (Lipinski definition) is 5. The van der Waals surface area contributed by atoms with Gasteiger partial charge in [-0.05, 0) is 48.2 Å². The second kappa shape index (κ2) is 9.74. The van der Waals surface area contributed by atoms with E-state index in [4.69, 9.17) is 9.47 Å². The molecule has 0 aliphatic heterocycles. The largest absolute Gasteiger partial charge is 0.493 e. The van der Waals surface area contributed by atoms with Crippen molar-refractivity contribution >= 4 is 28.3 Å². The summed E-state index contributed by atoms with van der Waals surface area (Å²) in [5, 5.41) is 2.01. The van der Waals surface area contributed by atoms with Crippen molar-refractivity contribution in [1.29, 1.82) is 0 Å². The zero-order valence-electron chi connectivity index (χ0n) is 18.0. The van der Waals surface area contributed by atoms with Crippen LogP contribution in [0.2, 0.25) is 0 Å². The summed E-state index contributed by atoms with van der Waals surface area (Å²) in [6.07, 6.45) is 0. The van der Waals surface area contributed by atoms with Crippen molar-refractivity contribution in [3.05, 3.63) is 80.9 Å². The summed E-state index contributed by atoms with van der Waals surface area (Å²) in [5.41, 5.74) is 2.07. The minimum atomic E-state index is -0.287. The molecule has 0 spiro atoms. The van der Waals surface area contributed by atoms with Crippen molar-refractivity contribution in [3.8, 4) is 11.5 Å². The van der Waals surface area contributed by atoms with E-state index in [-0.39, 0.29) is 18.1 Å². The second-order valence-corrected chi connectivity index (χ2v) is 8.33. The van der Waals surface area contributed by atoms with Crippen molar-refractivity contribution in [2.45, 2.75) is 26.6 Å². The van der Waals surface area contributed by atoms with Gasteiger partial charge in [0.15, 0.2) is 11.5 Å². The average Bonchev–Trinajstić information content (AvgIpc) is 3.44. The van der Waals surface area contributed by atoms with Crippen LogP contribution < -0.4 is 15.2 Å². The first kappa shape index (κ1) is 21.7. The fraction of sp³-hybridized carbons (Fsp3) is 0.250. The number of nitrogens with zero attached hydrogens (tertiary/aromatic N) is 2. The van der Waals surface area contributed by atoms with Gasteiger partial charge in [-0.1, -0.05) is 24.3 Å². The maximum atomic E-state index is 13.0. The van der Waals surface area contributed by atoms with E-state index in [1.165, 1.54) is 4.57 Å².